The number of nitrogens with zero attached hydrogens (tertiary/aromatic N) is 2. The van der Waals surface area contributed by atoms with Gasteiger partial charge in [0.05, 0.1) is 27.9 Å². The number of thiophene rings is 1. The summed E-state index contributed by atoms with van der Waals surface area (Å²) in [5.74, 6) is 0. The summed E-state index contributed by atoms with van der Waals surface area (Å²) in [6.07, 6.45) is 6.44. The molecule has 308 valence electrons. The minimum Gasteiger partial charge on any atom is -0.309 e. The van der Waals surface area contributed by atoms with Crippen LogP contribution < -0.4 is 20.7 Å². The molecule has 12 aromatic rings. The van der Waals surface area contributed by atoms with Gasteiger partial charge in [0.15, 0.2) is 8.07 Å². The lowest BCUT2D eigenvalue weighted by Crippen LogP contribution is -2.74. The van der Waals surface area contributed by atoms with Crippen molar-refractivity contribution >= 4 is 105 Å². The van der Waals surface area contributed by atoms with Crippen LogP contribution in [-0.4, -0.2) is 17.2 Å². The van der Waals surface area contributed by atoms with E-state index in [0.717, 1.165) is 33.7 Å². The summed E-state index contributed by atoms with van der Waals surface area (Å²) < 4.78 is 7.54. The Balaban J connectivity index is 1.07. The van der Waals surface area contributed by atoms with Crippen LogP contribution in [0.1, 0.15) is 18.2 Å². The predicted octanol–water partition coefficient (Wildman–Crippen LogP) is 13.8. The van der Waals surface area contributed by atoms with Gasteiger partial charge in [0.25, 0.3) is 0 Å². The molecule has 3 aromatic heterocycles. The average Bonchev–Trinajstić information content (AvgIpc) is 4.03. The van der Waals surface area contributed by atoms with Gasteiger partial charge in [0.2, 0.25) is 0 Å². The molecule has 2 nitrogen and oxygen atoms in total. The molecule has 0 atom stereocenters. The van der Waals surface area contributed by atoms with Crippen LogP contribution in [0.25, 0.3) is 87.5 Å². The van der Waals surface area contributed by atoms with Crippen LogP contribution in [0.3, 0.4) is 0 Å². The average molecular weight is 865 g/mol. The third-order valence-corrected chi connectivity index (χ3v) is 19.3. The summed E-state index contributed by atoms with van der Waals surface area (Å²) in [5, 5.41) is 11.7. The molecule has 0 radical (unpaired) electrons. The predicted molar refractivity (Wildman–Crippen MR) is 284 cm³/mol. The molecule has 0 aliphatic heterocycles. The highest BCUT2D eigenvalue weighted by Crippen LogP contribution is 2.44. The maximum absolute atomic E-state index is 4.44. The molecule has 3 heterocycles. The van der Waals surface area contributed by atoms with Crippen molar-refractivity contribution in [2.24, 2.45) is 0 Å². The van der Waals surface area contributed by atoms with E-state index in [4.69, 9.17) is 0 Å². The number of hydrogen-bond acceptors (Lipinski definition) is 1. The minimum absolute atomic E-state index is 1.12. The van der Waals surface area contributed by atoms with Crippen LogP contribution in [-0.2, 0) is 0 Å². The second-order valence-corrected chi connectivity index (χ2v) is 21.7. The Labute approximate surface area is 383 Å². The van der Waals surface area contributed by atoms with Gasteiger partial charge in [-0.2, -0.15) is 0 Å². The fraction of sp³-hybridized carbons (Fsp3) is 0.0164. The second kappa shape index (κ2) is 15.8. The Morgan fingerprint density at radius 2 is 1.02 bits per heavy atom. The second-order valence-electron chi connectivity index (χ2n) is 16.8. The van der Waals surface area contributed by atoms with E-state index in [-0.39, 0.29) is 0 Å². The monoisotopic (exact) mass is 864 g/mol. The number of rotatable bonds is 9. The van der Waals surface area contributed by atoms with Gasteiger partial charge in [-0.3, -0.25) is 0 Å². The number of allylic oxidation sites excluding steroid dienone is 1. The first-order chi connectivity index (χ1) is 32.2. The maximum Gasteiger partial charge on any atom is 0.179 e. The lowest BCUT2D eigenvalue weighted by Gasteiger charge is -2.34. The van der Waals surface area contributed by atoms with Gasteiger partial charge in [-0.05, 0) is 99.5 Å². The number of fused-ring (bicyclic) bond motifs is 7. The molecule has 0 bridgehead atoms. The Hall–Kier alpha value is -7.76. The van der Waals surface area contributed by atoms with E-state index in [1.54, 1.807) is 0 Å². The Kier molecular flexibility index (Phi) is 9.45. The zero-order chi connectivity index (χ0) is 43.5. The van der Waals surface area contributed by atoms with Crippen molar-refractivity contribution in [2.45, 2.75) is 6.92 Å². The van der Waals surface area contributed by atoms with Gasteiger partial charge in [-0.25, -0.2) is 0 Å². The van der Waals surface area contributed by atoms with Crippen molar-refractivity contribution in [1.82, 2.24) is 9.13 Å². The van der Waals surface area contributed by atoms with E-state index in [9.17, 15) is 0 Å². The van der Waals surface area contributed by atoms with Gasteiger partial charge < -0.3 is 9.13 Å². The third kappa shape index (κ3) is 5.99. The van der Waals surface area contributed by atoms with Crippen molar-refractivity contribution in [1.29, 1.82) is 0 Å². The van der Waals surface area contributed by atoms with E-state index < -0.39 is 8.07 Å². The number of aromatic nitrogens is 2. The van der Waals surface area contributed by atoms with Crippen LogP contribution in [0.2, 0.25) is 0 Å². The molecular formula is C61H44N2SSi. The van der Waals surface area contributed by atoms with Gasteiger partial charge in [0.1, 0.15) is 0 Å². The van der Waals surface area contributed by atoms with E-state index in [2.05, 4.69) is 253 Å². The summed E-state index contributed by atoms with van der Waals surface area (Å²) in [4.78, 5) is 0. The molecule has 65 heavy (non-hydrogen) atoms. The molecule has 4 heteroatoms. The summed E-state index contributed by atoms with van der Waals surface area (Å²) >= 11 is 1.86. The van der Waals surface area contributed by atoms with Crippen molar-refractivity contribution in [2.75, 3.05) is 0 Å². The maximum atomic E-state index is 4.44. The number of benzene rings is 9. The zero-order valence-electron chi connectivity index (χ0n) is 36.0. The van der Waals surface area contributed by atoms with Crippen LogP contribution >= 0.6 is 11.3 Å². The number of hydrogen-bond donors (Lipinski definition) is 0. The van der Waals surface area contributed by atoms with Crippen LogP contribution in [0, 0.1) is 0 Å². The molecule has 0 unspecified atom stereocenters. The third-order valence-electron chi connectivity index (χ3n) is 13.4. The SMILES string of the molecule is C=Cc1c(/C=C\C)n(-c2cccc3c2c2ccccc2n3-c2ccc([Si](c3ccccc3)(c3ccccc3)c3ccccc3)cc2)c2cccc(-c3ccc4sc5ccccc5c4c3)c12. The van der Waals surface area contributed by atoms with E-state index in [1.165, 1.54) is 73.7 Å². The van der Waals surface area contributed by atoms with Gasteiger partial charge in [-0.1, -0.05) is 183 Å². The van der Waals surface area contributed by atoms with E-state index >= 15 is 0 Å². The number of para-hydroxylation sites is 1. The first kappa shape index (κ1) is 38.9. The molecule has 9 aromatic carbocycles. The topological polar surface area (TPSA) is 9.86 Å². The Morgan fingerprint density at radius 1 is 0.462 bits per heavy atom. The molecule has 0 saturated carbocycles. The van der Waals surface area contributed by atoms with Crippen LogP contribution in [0.4, 0.5) is 0 Å². The molecule has 0 aliphatic rings. The molecule has 0 amide bonds. The van der Waals surface area contributed by atoms with Crippen LogP contribution in [0.5, 0.6) is 0 Å². The normalized spacial score (nSPS) is 12.1. The smallest absolute Gasteiger partial charge is 0.179 e. The highest BCUT2D eigenvalue weighted by Gasteiger charge is 2.41. The first-order valence-electron chi connectivity index (χ1n) is 22.3. The molecule has 0 N–H and O–H groups in total. The largest absolute Gasteiger partial charge is 0.309 e. The van der Waals surface area contributed by atoms with Gasteiger partial charge in [0, 0.05) is 47.6 Å². The lowest BCUT2D eigenvalue weighted by molar-refractivity contribution is 1.12. The molecule has 0 aliphatic carbocycles. The van der Waals surface area contributed by atoms with Crippen molar-refractivity contribution in [3.8, 4) is 22.5 Å². The van der Waals surface area contributed by atoms with E-state index in [1.807, 2.05) is 17.4 Å². The summed E-state index contributed by atoms with van der Waals surface area (Å²) in [6, 6.07) is 81.1. The fourth-order valence-corrected chi connectivity index (χ4v) is 16.5. The zero-order valence-corrected chi connectivity index (χ0v) is 37.8. The lowest BCUT2D eigenvalue weighted by atomic mass is 9.97. The standard InChI is InChI=1S/C61H44N2SSi/c1-3-20-53-48(4-2)60-49(42-35-40-59-52(41-42)50-27-15-17-34-58(50)64-59)29-18-31-55(60)63(53)57-33-19-32-56-61(57)51-28-14-16-30-54(51)62(56)43-36-38-47(39-37-43)65(44-21-8-5-9-22-44,45-23-10-6-11-24-45)46-25-12-7-13-26-46/h3-41H,2H2,1H3/b20-3-. The van der Waals surface area contributed by atoms with Crippen molar-refractivity contribution < 1.29 is 0 Å². The van der Waals surface area contributed by atoms with Crippen molar-refractivity contribution in [3.63, 3.8) is 0 Å². The minimum atomic E-state index is -2.69. The first-order valence-corrected chi connectivity index (χ1v) is 25.1. The molecular weight excluding hydrogens is 821 g/mol. The fourth-order valence-electron chi connectivity index (χ4n) is 10.7. The summed E-state index contributed by atoms with van der Waals surface area (Å²) in [5.41, 5.74) is 10.4. The molecule has 0 fully saturated rings. The van der Waals surface area contributed by atoms with Gasteiger partial charge in [-0.15, -0.1) is 11.3 Å². The summed E-state index contributed by atoms with van der Waals surface area (Å²) in [6.45, 7) is 6.54. The summed E-state index contributed by atoms with van der Waals surface area (Å²) in [7, 11) is -2.69. The van der Waals surface area contributed by atoms with Gasteiger partial charge >= 0.3 is 0 Å². The molecule has 0 spiro atoms. The Morgan fingerprint density at radius 3 is 1.68 bits per heavy atom. The van der Waals surface area contributed by atoms with Crippen molar-refractivity contribution in [3.05, 3.63) is 242 Å². The molecule has 12 rings (SSSR count). The Bertz CT molecular complexity index is 3680. The highest BCUT2D eigenvalue weighted by atomic mass is 32.1. The van der Waals surface area contributed by atoms with Crippen LogP contribution in [0.15, 0.2) is 231 Å². The quantitative estimate of drug-likeness (QED) is 0.101. The molecule has 0 saturated heterocycles. The van der Waals surface area contributed by atoms with E-state index in [0.29, 0.717) is 0 Å². The highest BCUT2D eigenvalue weighted by molar-refractivity contribution is 7.25.